The van der Waals surface area contributed by atoms with Crippen molar-refractivity contribution in [3.63, 3.8) is 0 Å². The monoisotopic (exact) mass is 390 g/mol. The summed E-state index contributed by atoms with van der Waals surface area (Å²) in [7, 11) is 1.33. The van der Waals surface area contributed by atoms with E-state index >= 15 is 0 Å². The normalized spacial score (nSPS) is 19.9. The molecule has 1 N–H and O–H groups in total. The Hall–Kier alpha value is -2.92. The molecule has 4 rings (SSSR count). The summed E-state index contributed by atoms with van der Waals surface area (Å²) in [6.45, 7) is 1.69. The minimum absolute atomic E-state index is 0.0371. The smallest absolute Gasteiger partial charge is 0.313 e. The largest absolute Gasteiger partial charge is 0.469 e. The quantitative estimate of drug-likeness (QED) is 0.505. The highest BCUT2D eigenvalue weighted by molar-refractivity contribution is 5.97. The minimum atomic E-state index is -0.465. The molecule has 5 nitrogen and oxygen atoms in total. The number of carbonyl (C=O) groups excluding carboxylic acids is 2. The van der Waals surface area contributed by atoms with E-state index in [1.807, 2.05) is 36.5 Å². The molecular weight excluding hydrogens is 364 g/mol. The Balaban J connectivity index is 1.72. The lowest BCUT2D eigenvalue weighted by Gasteiger charge is -2.41. The summed E-state index contributed by atoms with van der Waals surface area (Å²) in [5.41, 5.74) is 3.41. The topological polar surface area (TPSA) is 62.4 Å². The first-order valence-corrected chi connectivity index (χ1v) is 10.1. The van der Waals surface area contributed by atoms with E-state index in [0.29, 0.717) is 0 Å². The van der Waals surface area contributed by atoms with Crippen LogP contribution in [0.15, 0.2) is 60.8 Å². The predicted octanol–water partition coefficient (Wildman–Crippen LogP) is 4.25. The van der Waals surface area contributed by atoms with E-state index < -0.39 is 5.97 Å². The molecule has 1 aliphatic heterocycles. The molecule has 0 bridgehead atoms. The number of carbonyl (C=O) groups is 2. The van der Waals surface area contributed by atoms with Crippen molar-refractivity contribution in [3.8, 4) is 0 Å². The summed E-state index contributed by atoms with van der Waals surface area (Å²) in [5, 5.41) is 1.13. The Kier molecular flexibility index (Phi) is 5.76. The van der Waals surface area contributed by atoms with Gasteiger partial charge in [0, 0.05) is 35.6 Å². The lowest BCUT2D eigenvalue weighted by atomic mass is 9.80. The number of nitrogens with zero attached hydrogens (tertiary/aromatic N) is 1. The molecule has 1 aliphatic rings. The lowest BCUT2D eigenvalue weighted by Crippen LogP contribution is -2.42. The van der Waals surface area contributed by atoms with Crippen LogP contribution in [0.2, 0.25) is 0 Å². The molecular formula is C24H26N2O3. The summed E-state index contributed by atoms with van der Waals surface area (Å²) in [6.07, 6.45) is 3.57. The van der Waals surface area contributed by atoms with Crippen LogP contribution in [0.4, 0.5) is 0 Å². The second-order valence-corrected chi connectivity index (χ2v) is 7.66. The Bertz CT molecular complexity index is 996. The van der Waals surface area contributed by atoms with Gasteiger partial charge in [-0.1, -0.05) is 48.5 Å². The number of aromatic amines is 1. The summed E-state index contributed by atoms with van der Waals surface area (Å²) >= 11 is 0. The molecule has 0 radical (unpaired) electrons. The van der Waals surface area contributed by atoms with Crippen LogP contribution in [0.1, 0.15) is 36.4 Å². The number of piperidine rings is 1. The molecule has 5 heteroatoms. The Labute approximate surface area is 170 Å². The van der Waals surface area contributed by atoms with Gasteiger partial charge in [-0.3, -0.25) is 14.5 Å². The number of likely N-dealkylation sites (tertiary alicyclic amines) is 1. The van der Waals surface area contributed by atoms with E-state index in [9.17, 15) is 9.59 Å². The maximum Gasteiger partial charge on any atom is 0.313 e. The maximum absolute atomic E-state index is 13.1. The molecule has 2 atom stereocenters. The molecule has 2 heterocycles. The summed E-state index contributed by atoms with van der Waals surface area (Å²) in [6, 6.07) is 18.4. The highest BCUT2D eigenvalue weighted by Crippen LogP contribution is 2.41. The maximum atomic E-state index is 13.1. The molecule has 3 aromatic rings. The fourth-order valence-corrected chi connectivity index (χ4v) is 4.50. The van der Waals surface area contributed by atoms with E-state index in [2.05, 4.69) is 34.1 Å². The lowest BCUT2D eigenvalue weighted by molar-refractivity contribution is -0.145. The molecule has 0 spiro atoms. The van der Waals surface area contributed by atoms with Crippen molar-refractivity contribution in [1.29, 1.82) is 0 Å². The molecule has 0 aliphatic carbocycles. The number of H-pyrrole nitrogens is 1. The van der Waals surface area contributed by atoms with Crippen LogP contribution in [-0.2, 0) is 20.9 Å². The standard InChI is InChI=1S/C24H26N2O3/c1-29-23(28)14-22(27)19-11-7-13-26(16-17-8-3-2-4-9-17)24(19)20-15-25-21-12-6-5-10-18(20)21/h2-6,8-10,12,15,19,24-25H,7,11,13-14,16H2,1H3/t19-,24-/m1/s1. The van der Waals surface area contributed by atoms with Gasteiger partial charge in [-0.2, -0.15) is 0 Å². The van der Waals surface area contributed by atoms with Gasteiger partial charge in [-0.15, -0.1) is 0 Å². The van der Waals surface area contributed by atoms with Crippen LogP contribution in [0.3, 0.4) is 0 Å². The number of Topliss-reactive ketones (excluding diaryl/α,β-unsaturated/α-hetero) is 1. The van der Waals surface area contributed by atoms with Gasteiger partial charge in [0.2, 0.25) is 0 Å². The van der Waals surface area contributed by atoms with Crippen LogP contribution < -0.4 is 0 Å². The number of benzene rings is 2. The minimum Gasteiger partial charge on any atom is -0.469 e. The molecule has 2 aromatic carbocycles. The van der Waals surface area contributed by atoms with Crippen LogP contribution >= 0.6 is 0 Å². The van der Waals surface area contributed by atoms with Gasteiger partial charge in [0.05, 0.1) is 7.11 Å². The average molecular weight is 390 g/mol. The number of aromatic nitrogens is 1. The van der Waals surface area contributed by atoms with Gasteiger partial charge < -0.3 is 9.72 Å². The van der Waals surface area contributed by atoms with Crippen LogP contribution in [0, 0.1) is 5.92 Å². The number of hydrogen-bond donors (Lipinski definition) is 1. The summed E-state index contributed by atoms with van der Waals surface area (Å²) in [5.74, 6) is -0.733. The second-order valence-electron chi connectivity index (χ2n) is 7.66. The zero-order valence-electron chi connectivity index (χ0n) is 16.6. The van der Waals surface area contributed by atoms with Crippen molar-refractivity contribution in [3.05, 3.63) is 71.9 Å². The van der Waals surface area contributed by atoms with Crippen molar-refractivity contribution >= 4 is 22.7 Å². The molecule has 1 aromatic heterocycles. The number of esters is 1. The molecule has 0 unspecified atom stereocenters. The first-order valence-electron chi connectivity index (χ1n) is 10.1. The van der Waals surface area contributed by atoms with E-state index in [-0.39, 0.29) is 24.2 Å². The number of nitrogens with one attached hydrogen (secondary N) is 1. The van der Waals surface area contributed by atoms with E-state index in [1.54, 1.807) is 0 Å². The molecule has 29 heavy (non-hydrogen) atoms. The summed E-state index contributed by atoms with van der Waals surface area (Å²) in [4.78, 5) is 30.6. The highest BCUT2D eigenvalue weighted by atomic mass is 16.5. The van der Waals surface area contributed by atoms with Gasteiger partial charge in [0.25, 0.3) is 0 Å². The van der Waals surface area contributed by atoms with E-state index in [1.165, 1.54) is 12.7 Å². The summed E-state index contributed by atoms with van der Waals surface area (Å²) < 4.78 is 4.75. The van der Waals surface area contributed by atoms with E-state index in [0.717, 1.165) is 42.4 Å². The molecule has 0 amide bonds. The zero-order chi connectivity index (χ0) is 20.2. The SMILES string of the molecule is COC(=O)CC(=O)[C@H]1CCCN(Cc2ccccc2)[C@H]1c1c[nH]c2ccccc12. The Morgan fingerprint density at radius 2 is 1.86 bits per heavy atom. The van der Waals surface area contributed by atoms with Crippen molar-refractivity contribution in [2.24, 2.45) is 5.92 Å². The van der Waals surface area contributed by atoms with Gasteiger partial charge in [-0.25, -0.2) is 0 Å². The Morgan fingerprint density at radius 1 is 1.10 bits per heavy atom. The number of rotatable bonds is 6. The van der Waals surface area contributed by atoms with Gasteiger partial charge in [-0.05, 0) is 36.6 Å². The second kappa shape index (κ2) is 8.62. The van der Waals surface area contributed by atoms with Crippen LogP contribution in [0.5, 0.6) is 0 Å². The third-order valence-corrected chi connectivity index (χ3v) is 5.86. The highest BCUT2D eigenvalue weighted by Gasteiger charge is 2.38. The van der Waals surface area contributed by atoms with Crippen molar-refractivity contribution in [1.82, 2.24) is 9.88 Å². The number of fused-ring (bicyclic) bond motifs is 1. The fourth-order valence-electron chi connectivity index (χ4n) is 4.50. The van der Waals surface area contributed by atoms with Crippen molar-refractivity contribution < 1.29 is 14.3 Å². The number of hydrogen-bond acceptors (Lipinski definition) is 4. The van der Waals surface area contributed by atoms with E-state index in [4.69, 9.17) is 4.74 Å². The number of ketones is 1. The molecule has 0 saturated carbocycles. The first-order chi connectivity index (χ1) is 14.2. The third-order valence-electron chi connectivity index (χ3n) is 5.86. The average Bonchev–Trinajstić information content (AvgIpc) is 3.18. The van der Waals surface area contributed by atoms with Crippen molar-refractivity contribution in [2.45, 2.75) is 31.8 Å². The fraction of sp³-hybridized carbons (Fsp3) is 0.333. The molecule has 1 saturated heterocycles. The predicted molar refractivity (Wildman–Crippen MR) is 112 cm³/mol. The van der Waals surface area contributed by atoms with Crippen molar-refractivity contribution in [2.75, 3.05) is 13.7 Å². The van der Waals surface area contributed by atoms with Gasteiger partial charge in [0.1, 0.15) is 12.2 Å². The van der Waals surface area contributed by atoms with Gasteiger partial charge in [0.15, 0.2) is 0 Å². The number of para-hydroxylation sites is 1. The van der Waals surface area contributed by atoms with Crippen LogP contribution in [0.25, 0.3) is 10.9 Å². The number of ether oxygens (including phenoxy) is 1. The van der Waals surface area contributed by atoms with Gasteiger partial charge >= 0.3 is 5.97 Å². The molecule has 150 valence electrons. The third kappa shape index (κ3) is 4.10. The van der Waals surface area contributed by atoms with Crippen LogP contribution in [-0.4, -0.2) is 35.3 Å². The zero-order valence-corrected chi connectivity index (χ0v) is 16.6. The molecule has 1 fully saturated rings. The Morgan fingerprint density at radius 3 is 2.66 bits per heavy atom. The number of methoxy groups -OCH3 is 1. The first kappa shape index (κ1) is 19.4.